The molecule has 1 fully saturated rings. The Hall–Kier alpha value is -0.600. The zero-order valence-corrected chi connectivity index (χ0v) is 7.67. The summed E-state index contributed by atoms with van der Waals surface area (Å²) in [5.74, 6) is 0.522. The number of hydrogen-bond donors (Lipinski definition) is 1. The number of halogens is 1. The fourth-order valence-electron chi connectivity index (χ4n) is 1.38. The topological polar surface area (TPSA) is 38.9 Å². The Bertz CT molecular complexity index is 311. The smallest absolute Gasteiger partial charge is 0.131 e. The predicted octanol–water partition coefficient (Wildman–Crippen LogP) is 1.86. The van der Waals surface area contributed by atoms with Gasteiger partial charge >= 0.3 is 0 Å². The van der Waals surface area contributed by atoms with Gasteiger partial charge in [0.1, 0.15) is 5.15 Å². The van der Waals surface area contributed by atoms with Crippen molar-refractivity contribution in [2.45, 2.75) is 25.3 Å². The fraction of sp³-hybridized carbons (Fsp3) is 0.444. The van der Waals surface area contributed by atoms with Crippen LogP contribution in [0.3, 0.4) is 0 Å². The second kappa shape index (κ2) is 2.71. The van der Waals surface area contributed by atoms with Gasteiger partial charge in [-0.1, -0.05) is 17.7 Å². The molecular formula is C9H11ClN2. The van der Waals surface area contributed by atoms with Gasteiger partial charge < -0.3 is 5.73 Å². The molecule has 1 aromatic rings. The van der Waals surface area contributed by atoms with Crippen LogP contribution < -0.4 is 5.73 Å². The summed E-state index contributed by atoms with van der Waals surface area (Å²) in [6, 6.07) is 2.42. The van der Waals surface area contributed by atoms with Crippen LogP contribution in [0.1, 0.15) is 23.5 Å². The third-order valence-electron chi connectivity index (χ3n) is 2.30. The third kappa shape index (κ3) is 1.32. The maximum Gasteiger partial charge on any atom is 0.131 e. The molecule has 3 heteroatoms. The van der Waals surface area contributed by atoms with Crippen LogP contribution in [0, 0.1) is 6.92 Å². The van der Waals surface area contributed by atoms with Crippen LogP contribution in [0.2, 0.25) is 5.15 Å². The summed E-state index contributed by atoms with van der Waals surface area (Å²) in [4.78, 5) is 4.08. The molecule has 2 nitrogen and oxygen atoms in total. The summed E-state index contributed by atoms with van der Waals surface area (Å²) < 4.78 is 0. The van der Waals surface area contributed by atoms with Crippen LogP contribution in [0.5, 0.6) is 0 Å². The Morgan fingerprint density at radius 2 is 2.33 bits per heavy atom. The SMILES string of the molecule is Cc1cc(C2CC2N)cnc1Cl. The second-order valence-corrected chi connectivity index (χ2v) is 3.74. The highest BCUT2D eigenvalue weighted by atomic mass is 35.5. The van der Waals surface area contributed by atoms with Crippen molar-refractivity contribution in [1.29, 1.82) is 0 Å². The van der Waals surface area contributed by atoms with Crippen LogP contribution in [0.25, 0.3) is 0 Å². The quantitative estimate of drug-likeness (QED) is 0.674. The minimum Gasteiger partial charge on any atom is -0.327 e. The van der Waals surface area contributed by atoms with E-state index in [4.69, 9.17) is 17.3 Å². The van der Waals surface area contributed by atoms with Crippen LogP contribution in [0.15, 0.2) is 12.3 Å². The first-order valence-electron chi connectivity index (χ1n) is 4.06. The van der Waals surface area contributed by atoms with E-state index in [1.165, 1.54) is 5.56 Å². The first-order valence-corrected chi connectivity index (χ1v) is 4.44. The summed E-state index contributed by atoms with van der Waals surface area (Å²) in [6.45, 7) is 1.97. The Labute approximate surface area is 76.7 Å². The van der Waals surface area contributed by atoms with Crippen LogP contribution in [-0.4, -0.2) is 11.0 Å². The molecule has 0 saturated heterocycles. The molecule has 0 radical (unpaired) electrons. The molecule has 1 aromatic heterocycles. The van der Waals surface area contributed by atoms with Gasteiger partial charge in [-0.2, -0.15) is 0 Å². The molecule has 0 bridgehead atoms. The summed E-state index contributed by atoms with van der Waals surface area (Å²) in [5, 5.41) is 0.591. The van der Waals surface area contributed by atoms with Crippen molar-refractivity contribution in [2.24, 2.45) is 5.73 Å². The van der Waals surface area contributed by atoms with Crippen molar-refractivity contribution in [3.05, 3.63) is 28.5 Å². The maximum absolute atomic E-state index is 5.80. The van der Waals surface area contributed by atoms with E-state index in [2.05, 4.69) is 11.1 Å². The number of hydrogen-bond acceptors (Lipinski definition) is 2. The lowest BCUT2D eigenvalue weighted by Gasteiger charge is -2.00. The zero-order chi connectivity index (χ0) is 8.72. The molecular weight excluding hydrogens is 172 g/mol. The largest absolute Gasteiger partial charge is 0.327 e. The molecule has 1 heterocycles. The number of pyridine rings is 1. The highest BCUT2D eigenvalue weighted by Crippen LogP contribution is 2.39. The third-order valence-corrected chi connectivity index (χ3v) is 2.70. The van der Waals surface area contributed by atoms with E-state index in [1.807, 2.05) is 13.1 Å². The highest BCUT2D eigenvalue weighted by molar-refractivity contribution is 6.30. The average molecular weight is 183 g/mol. The van der Waals surface area contributed by atoms with E-state index in [-0.39, 0.29) is 0 Å². The number of nitrogens with zero attached hydrogens (tertiary/aromatic N) is 1. The summed E-state index contributed by atoms with van der Waals surface area (Å²) >= 11 is 5.80. The lowest BCUT2D eigenvalue weighted by atomic mass is 10.1. The van der Waals surface area contributed by atoms with Crippen molar-refractivity contribution in [2.75, 3.05) is 0 Å². The van der Waals surface area contributed by atoms with Gasteiger partial charge in [-0.05, 0) is 24.5 Å². The van der Waals surface area contributed by atoms with Crippen molar-refractivity contribution >= 4 is 11.6 Å². The van der Waals surface area contributed by atoms with Crippen LogP contribution in [-0.2, 0) is 0 Å². The normalized spacial score (nSPS) is 27.2. The van der Waals surface area contributed by atoms with E-state index in [0.717, 1.165) is 12.0 Å². The van der Waals surface area contributed by atoms with Gasteiger partial charge in [-0.3, -0.25) is 0 Å². The van der Waals surface area contributed by atoms with Crippen molar-refractivity contribution in [1.82, 2.24) is 4.98 Å². The molecule has 1 aliphatic carbocycles. The Morgan fingerprint density at radius 1 is 1.67 bits per heavy atom. The molecule has 2 unspecified atom stereocenters. The number of nitrogens with two attached hydrogens (primary N) is 1. The summed E-state index contributed by atoms with van der Waals surface area (Å²) in [5.41, 5.74) is 7.99. The van der Waals surface area contributed by atoms with Gasteiger partial charge in [0.25, 0.3) is 0 Å². The minimum atomic E-state index is 0.340. The summed E-state index contributed by atoms with van der Waals surface area (Å²) in [7, 11) is 0. The molecule has 0 aliphatic heterocycles. The molecule has 2 rings (SSSR count). The van der Waals surface area contributed by atoms with Crippen molar-refractivity contribution < 1.29 is 0 Å². The van der Waals surface area contributed by atoms with Crippen molar-refractivity contribution in [3.8, 4) is 0 Å². The highest BCUT2D eigenvalue weighted by Gasteiger charge is 2.35. The molecule has 0 aromatic carbocycles. The molecule has 2 atom stereocenters. The van der Waals surface area contributed by atoms with E-state index in [1.54, 1.807) is 0 Å². The lowest BCUT2D eigenvalue weighted by Crippen LogP contribution is -2.01. The van der Waals surface area contributed by atoms with Gasteiger partial charge in [0.15, 0.2) is 0 Å². The number of aromatic nitrogens is 1. The fourth-order valence-corrected chi connectivity index (χ4v) is 1.48. The number of aryl methyl sites for hydroxylation is 1. The average Bonchev–Trinajstić information content (AvgIpc) is 2.73. The Kier molecular flexibility index (Phi) is 1.81. The monoisotopic (exact) mass is 182 g/mol. The molecule has 12 heavy (non-hydrogen) atoms. The Morgan fingerprint density at radius 3 is 2.83 bits per heavy atom. The number of rotatable bonds is 1. The van der Waals surface area contributed by atoms with Gasteiger partial charge in [-0.25, -0.2) is 4.98 Å². The first kappa shape index (κ1) is 8.02. The Balaban J connectivity index is 2.29. The second-order valence-electron chi connectivity index (χ2n) is 3.38. The van der Waals surface area contributed by atoms with E-state index >= 15 is 0 Å². The van der Waals surface area contributed by atoms with Gasteiger partial charge in [-0.15, -0.1) is 0 Å². The molecule has 1 saturated carbocycles. The maximum atomic E-state index is 5.80. The van der Waals surface area contributed by atoms with Gasteiger partial charge in [0, 0.05) is 18.2 Å². The predicted molar refractivity (Wildman–Crippen MR) is 49.3 cm³/mol. The zero-order valence-electron chi connectivity index (χ0n) is 6.92. The summed E-state index contributed by atoms with van der Waals surface area (Å²) in [6.07, 6.45) is 2.91. The molecule has 0 spiro atoms. The van der Waals surface area contributed by atoms with Crippen molar-refractivity contribution in [3.63, 3.8) is 0 Å². The molecule has 0 amide bonds. The van der Waals surface area contributed by atoms with E-state index in [9.17, 15) is 0 Å². The van der Waals surface area contributed by atoms with E-state index < -0.39 is 0 Å². The molecule has 1 aliphatic rings. The van der Waals surface area contributed by atoms with Gasteiger partial charge in [0.05, 0.1) is 0 Å². The van der Waals surface area contributed by atoms with Crippen LogP contribution >= 0.6 is 11.6 Å². The molecule has 64 valence electrons. The van der Waals surface area contributed by atoms with E-state index in [0.29, 0.717) is 17.1 Å². The van der Waals surface area contributed by atoms with Gasteiger partial charge in [0.2, 0.25) is 0 Å². The standard InChI is InChI=1S/C9H11ClN2/c1-5-2-6(4-12-9(5)10)7-3-8(7)11/h2,4,7-8H,3,11H2,1H3. The van der Waals surface area contributed by atoms with Crippen LogP contribution in [0.4, 0.5) is 0 Å². The minimum absolute atomic E-state index is 0.340. The molecule has 2 N–H and O–H groups in total. The first-order chi connectivity index (χ1) is 5.68. The lowest BCUT2D eigenvalue weighted by molar-refractivity contribution is 0.977.